The highest BCUT2D eigenvalue weighted by Crippen LogP contribution is 2.38. The summed E-state index contributed by atoms with van der Waals surface area (Å²) in [7, 11) is -3.63. The Bertz CT molecular complexity index is 860. The van der Waals surface area contributed by atoms with Gasteiger partial charge in [-0.1, -0.05) is 22.4 Å². The second kappa shape index (κ2) is 8.05. The molecule has 28 heavy (non-hydrogen) atoms. The van der Waals surface area contributed by atoms with Crippen LogP contribution >= 0.6 is 15.9 Å². The van der Waals surface area contributed by atoms with Crippen LogP contribution in [0.15, 0.2) is 21.5 Å². The van der Waals surface area contributed by atoms with E-state index >= 15 is 0 Å². The lowest BCUT2D eigenvalue weighted by molar-refractivity contribution is -0.930. The van der Waals surface area contributed by atoms with E-state index in [9.17, 15) is 13.2 Å². The fourth-order valence-electron chi connectivity index (χ4n) is 5.05. The molecule has 8 heteroatoms. The van der Waals surface area contributed by atoms with Crippen molar-refractivity contribution in [2.45, 2.75) is 56.4 Å². The Kier molecular flexibility index (Phi) is 5.84. The van der Waals surface area contributed by atoms with E-state index < -0.39 is 10.0 Å². The smallest absolute Gasteiger partial charge is 0.245 e. The van der Waals surface area contributed by atoms with Crippen molar-refractivity contribution in [1.82, 2.24) is 4.31 Å². The molecule has 0 radical (unpaired) electrons. The van der Waals surface area contributed by atoms with Gasteiger partial charge in [0.05, 0.1) is 37.9 Å². The van der Waals surface area contributed by atoms with E-state index in [1.165, 1.54) is 39.0 Å². The summed E-state index contributed by atoms with van der Waals surface area (Å²) in [4.78, 5) is 15.5. The number of amides is 1. The van der Waals surface area contributed by atoms with Gasteiger partial charge in [-0.05, 0) is 49.8 Å². The number of nitrogens with one attached hydrogen (secondary N) is 1. The summed E-state index contributed by atoms with van der Waals surface area (Å²) in [5, 5.41) is 0. The first-order valence-electron chi connectivity index (χ1n) is 10.3. The predicted molar refractivity (Wildman–Crippen MR) is 112 cm³/mol. The number of hydrogen-bond acceptors (Lipinski definition) is 3. The third-order valence-corrected chi connectivity index (χ3v) is 8.91. The Morgan fingerprint density at radius 3 is 2.43 bits per heavy atom. The summed E-state index contributed by atoms with van der Waals surface area (Å²) in [5.41, 5.74) is 1.51. The van der Waals surface area contributed by atoms with E-state index in [1.807, 2.05) is 6.07 Å². The molecule has 0 atom stereocenters. The van der Waals surface area contributed by atoms with Crippen molar-refractivity contribution in [1.29, 1.82) is 0 Å². The minimum Gasteiger partial charge on any atom is -0.330 e. The third-order valence-electron chi connectivity index (χ3n) is 6.54. The Morgan fingerprint density at radius 1 is 1.11 bits per heavy atom. The van der Waals surface area contributed by atoms with Crippen LogP contribution in [-0.4, -0.2) is 57.4 Å². The molecule has 1 saturated carbocycles. The summed E-state index contributed by atoms with van der Waals surface area (Å²) in [6.07, 6.45) is 7.19. The summed E-state index contributed by atoms with van der Waals surface area (Å²) < 4.78 is 29.4. The van der Waals surface area contributed by atoms with Crippen LogP contribution in [0, 0.1) is 0 Å². The largest absolute Gasteiger partial charge is 0.330 e. The lowest BCUT2D eigenvalue weighted by atomic mass is 9.94. The van der Waals surface area contributed by atoms with Crippen molar-refractivity contribution >= 4 is 37.5 Å². The number of fused-ring (bicyclic) bond motifs is 1. The molecule has 3 aliphatic rings. The first-order chi connectivity index (χ1) is 13.4. The quantitative estimate of drug-likeness (QED) is 0.729. The first kappa shape index (κ1) is 20.3. The number of carbonyl (C=O) groups is 1. The van der Waals surface area contributed by atoms with Crippen molar-refractivity contribution in [3.05, 3.63) is 22.2 Å². The van der Waals surface area contributed by atoms with Crippen LogP contribution in [0.3, 0.4) is 0 Å². The maximum atomic E-state index is 13.5. The molecule has 6 nitrogen and oxygen atoms in total. The molecule has 0 bridgehead atoms. The van der Waals surface area contributed by atoms with E-state index in [2.05, 4.69) is 15.9 Å². The van der Waals surface area contributed by atoms with Crippen LogP contribution in [0.1, 0.15) is 44.6 Å². The zero-order valence-corrected chi connectivity index (χ0v) is 18.8. The molecule has 4 rings (SSSR count). The zero-order chi connectivity index (χ0) is 19.9. The molecule has 1 aromatic rings. The van der Waals surface area contributed by atoms with E-state index in [1.54, 1.807) is 20.2 Å². The van der Waals surface area contributed by atoms with Crippen molar-refractivity contribution in [2.24, 2.45) is 0 Å². The monoisotopic (exact) mass is 470 g/mol. The molecule has 0 aromatic heterocycles. The Morgan fingerprint density at radius 2 is 1.79 bits per heavy atom. The van der Waals surface area contributed by atoms with Crippen LogP contribution < -0.4 is 9.80 Å². The van der Waals surface area contributed by atoms with Gasteiger partial charge in [-0.15, -0.1) is 0 Å². The molecule has 1 N–H and O–H groups in total. The van der Waals surface area contributed by atoms with Crippen molar-refractivity contribution in [3.8, 4) is 0 Å². The number of hydrogen-bond donors (Lipinski definition) is 1. The maximum absolute atomic E-state index is 13.5. The molecule has 0 spiro atoms. The van der Waals surface area contributed by atoms with Gasteiger partial charge in [0.1, 0.15) is 4.90 Å². The summed E-state index contributed by atoms with van der Waals surface area (Å²) in [6, 6.07) is 4.29. The number of quaternary nitrogens is 1. The van der Waals surface area contributed by atoms with Crippen LogP contribution in [0.25, 0.3) is 0 Å². The number of nitrogens with zero attached hydrogens (tertiary/aromatic N) is 2. The van der Waals surface area contributed by atoms with E-state index in [0.717, 1.165) is 23.1 Å². The SMILES string of the molecule is CC(=O)N1CCc2cc(Br)cc(S(=O)(=O)N3CC[NH+](C4CCCCC4)CC3)c21. The molecule has 0 unspecified atom stereocenters. The Hall–Kier alpha value is -0.960. The highest BCUT2D eigenvalue weighted by atomic mass is 79.9. The van der Waals surface area contributed by atoms with E-state index in [0.29, 0.717) is 37.8 Å². The Labute approximate surface area is 176 Å². The van der Waals surface area contributed by atoms with E-state index in [-0.39, 0.29) is 10.8 Å². The van der Waals surface area contributed by atoms with Gasteiger partial charge < -0.3 is 9.80 Å². The lowest BCUT2D eigenvalue weighted by Gasteiger charge is -2.37. The minimum absolute atomic E-state index is 0.107. The number of halogens is 1. The number of benzene rings is 1. The summed E-state index contributed by atoms with van der Waals surface area (Å²) in [5.74, 6) is -0.107. The number of piperazine rings is 1. The Balaban J connectivity index is 1.57. The van der Waals surface area contributed by atoms with Gasteiger partial charge in [0, 0.05) is 17.9 Å². The molecular formula is C20H29BrN3O3S+. The van der Waals surface area contributed by atoms with Gasteiger partial charge in [0.25, 0.3) is 0 Å². The lowest BCUT2D eigenvalue weighted by Crippen LogP contribution is -3.18. The highest BCUT2D eigenvalue weighted by Gasteiger charge is 2.38. The normalized spacial score (nSPS) is 22.4. The van der Waals surface area contributed by atoms with Crippen LogP contribution in [0.5, 0.6) is 0 Å². The first-order valence-corrected chi connectivity index (χ1v) is 12.6. The van der Waals surface area contributed by atoms with Crippen molar-refractivity contribution in [2.75, 3.05) is 37.6 Å². The predicted octanol–water partition coefficient (Wildman–Crippen LogP) is 1.58. The average Bonchev–Trinajstić information content (AvgIpc) is 3.12. The minimum atomic E-state index is -3.63. The molecule has 1 amide bonds. The van der Waals surface area contributed by atoms with Gasteiger partial charge >= 0.3 is 0 Å². The maximum Gasteiger partial charge on any atom is 0.245 e. The van der Waals surface area contributed by atoms with Crippen LogP contribution in [0.4, 0.5) is 5.69 Å². The molecule has 154 valence electrons. The van der Waals surface area contributed by atoms with Crippen molar-refractivity contribution < 1.29 is 18.1 Å². The van der Waals surface area contributed by atoms with Gasteiger partial charge in [0.15, 0.2) is 0 Å². The fraction of sp³-hybridized carbons (Fsp3) is 0.650. The zero-order valence-electron chi connectivity index (χ0n) is 16.4. The molecule has 1 aromatic carbocycles. The van der Waals surface area contributed by atoms with Gasteiger partial charge in [-0.3, -0.25) is 4.79 Å². The summed E-state index contributed by atoms with van der Waals surface area (Å²) >= 11 is 3.46. The molecule has 1 aliphatic carbocycles. The average molecular weight is 471 g/mol. The third kappa shape index (κ3) is 3.76. The molecular weight excluding hydrogens is 442 g/mol. The second-order valence-corrected chi connectivity index (χ2v) is 11.1. The number of anilines is 1. The van der Waals surface area contributed by atoms with Gasteiger partial charge in [-0.2, -0.15) is 4.31 Å². The molecule has 2 fully saturated rings. The molecule has 1 saturated heterocycles. The fourth-order valence-corrected chi connectivity index (χ4v) is 7.41. The standard InChI is InChI=1S/C20H28BrN3O3S/c1-15(25)24-8-7-16-13-17(21)14-19(20(16)24)28(26,27)23-11-9-22(10-12-23)18-5-3-2-4-6-18/h13-14,18H,2-12H2,1H3/p+1. The topological polar surface area (TPSA) is 62.1 Å². The van der Waals surface area contributed by atoms with Crippen molar-refractivity contribution in [3.63, 3.8) is 0 Å². The summed E-state index contributed by atoms with van der Waals surface area (Å²) in [6.45, 7) is 4.89. The number of rotatable bonds is 3. The van der Waals surface area contributed by atoms with Gasteiger partial charge in [-0.25, -0.2) is 8.42 Å². The molecule has 2 aliphatic heterocycles. The van der Waals surface area contributed by atoms with Crippen LogP contribution in [0.2, 0.25) is 0 Å². The number of carbonyl (C=O) groups excluding carboxylic acids is 1. The number of sulfonamides is 1. The van der Waals surface area contributed by atoms with E-state index in [4.69, 9.17) is 0 Å². The van der Waals surface area contributed by atoms with Gasteiger partial charge in [0.2, 0.25) is 15.9 Å². The second-order valence-electron chi connectivity index (χ2n) is 8.23. The molecule has 2 heterocycles. The van der Waals surface area contributed by atoms with Crippen LogP contribution in [-0.2, 0) is 21.2 Å². The highest BCUT2D eigenvalue weighted by molar-refractivity contribution is 9.10.